The van der Waals surface area contributed by atoms with E-state index in [4.69, 9.17) is 5.73 Å². The van der Waals surface area contributed by atoms with Crippen molar-refractivity contribution in [1.82, 2.24) is 25.1 Å². The molecule has 6 rings (SSSR count). The Hall–Kier alpha value is -3.33. The zero-order valence-corrected chi connectivity index (χ0v) is 27.8. The Bertz CT molecular complexity index is 1720. The van der Waals surface area contributed by atoms with E-state index in [0.29, 0.717) is 21.5 Å². The fraction of sp³-hybridized carbons (Fsp3) is 0.467. The van der Waals surface area contributed by atoms with Crippen molar-refractivity contribution in [3.63, 3.8) is 0 Å². The molecular weight excluding hydrogens is 668 g/mol. The predicted octanol–water partition coefficient (Wildman–Crippen LogP) is 4.35. The molecule has 0 radical (unpaired) electrons. The summed E-state index contributed by atoms with van der Waals surface area (Å²) in [7, 11) is 0. The van der Waals surface area contributed by atoms with Gasteiger partial charge in [0.25, 0.3) is 5.91 Å². The molecule has 3 aromatic rings. The first-order valence-electron chi connectivity index (χ1n) is 14.3. The summed E-state index contributed by atoms with van der Waals surface area (Å²) in [5, 5.41) is 2.80. The number of nitrogens with one attached hydrogen (secondary N) is 1. The number of halogens is 5. The number of alkyl halides is 3. The first-order valence-corrected chi connectivity index (χ1v) is 15.1. The lowest BCUT2D eigenvalue weighted by Gasteiger charge is -2.21. The second-order valence-corrected chi connectivity index (χ2v) is 13.5. The lowest BCUT2D eigenvalue weighted by atomic mass is 9.99. The van der Waals surface area contributed by atoms with E-state index in [1.165, 1.54) is 40.3 Å². The monoisotopic (exact) mass is 700 g/mol. The number of thiophene rings is 1. The average molecular weight is 702 g/mol. The molecule has 5 heterocycles. The normalized spacial score (nSPS) is 22.3. The van der Waals surface area contributed by atoms with Crippen LogP contribution in [0.5, 0.6) is 0 Å². The highest BCUT2D eigenvalue weighted by molar-refractivity contribution is 7.19. The molecule has 0 spiro atoms. The maximum atomic E-state index is 14.0. The van der Waals surface area contributed by atoms with Crippen molar-refractivity contribution in [3.05, 3.63) is 46.1 Å². The standard InChI is InChI=1S/C30H31F3N6O4S.2ClH/c1-13-9-19(30(31,32)33)37-23(20(13)26(41)38-8-6-15(11-38)36-25(40)14(2)34)17-5-7-35-18-10-16(44-24(17)18)12-39-27(42)21-22(28(39)43)29(21,3)4;;/h5,7,9-10,14-15,21-22H,6,8,11-12,34H2,1-4H3,(H,36,40);2*1H/t14-,15-,21?,22?;;/m0../s1. The first-order chi connectivity index (χ1) is 20.6. The van der Waals surface area contributed by atoms with Gasteiger partial charge in [0.2, 0.25) is 17.7 Å². The van der Waals surface area contributed by atoms with Crippen LogP contribution in [0.4, 0.5) is 13.2 Å². The van der Waals surface area contributed by atoms with Gasteiger partial charge in [-0.2, -0.15) is 13.2 Å². The van der Waals surface area contributed by atoms with Gasteiger partial charge in [-0.3, -0.25) is 29.1 Å². The molecule has 10 nitrogen and oxygen atoms in total. The number of aromatic nitrogens is 2. The van der Waals surface area contributed by atoms with E-state index in [-0.39, 0.29) is 108 Å². The number of carbonyl (C=O) groups excluding carboxylic acids is 4. The van der Waals surface area contributed by atoms with Crippen LogP contribution in [0.2, 0.25) is 0 Å². The van der Waals surface area contributed by atoms with Gasteiger partial charge in [0.05, 0.1) is 45.9 Å². The van der Waals surface area contributed by atoms with Gasteiger partial charge < -0.3 is 16.0 Å². The Kier molecular flexibility index (Phi) is 9.55. The van der Waals surface area contributed by atoms with Crippen LogP contribution in [0.3, 0.4) is 0 Å². The molecule has 4 atom stereocenters. The summed E-state index contributed by atoms with van der Waals surface area (Å²) in [5.41, 5.74) is 4.88. The van der Waals surface area contributed by atoms with Crippen LogP contribution in [-0.2, 0) is 27.1 Å². The van der Waals surface area contributed by atoms with Gasteiger partial charge >= 0.3 is 6.18 Å². The van der Waals surface area contributed by atoms with Gasteiger partial charge in [-0.05, 0) is 49.4 Å². The van der Waals surface area contributed by atoms with Gasteiger partial charge in [0, 0.05) is 35.8 Å². The molecule has 248 valence electrons. The van der Waals surface area contributed by atoms with Crippen LogP contribution in [0.15, 0.2) is 24.4 Å². The lowest BCUT2D eigenvalue weighted by molar-refractivity contribution is -0.144. The Morgan fingerprint density at radius 3 is 2.43 bits per heavy atom. The van der Waals surface area contributed by atoms with E-state index < -0.39 is 23.8 Å². The SMILES string of the molecule is Cc1cc(C(F)(F)F)nc(-c2ccnc3cc(CN4C(=O)C5C(C4=O)C5(C)C)sc23)c1C(=O)N1CC[C@H](NC(=O)[C@H](C)N)C1.Cl.Cl. The maximum Gasteiger partial charge on any atom is 0.433 e. The van der Waals surface area contributed by atoms with Crippen molar-refractivity contribution >= 4 is 70.0 Å². The maximum absolute atomic E-state index is 14.0. The summed E-state index contributed by atoms with van der Waals surface area (Å²) in [6.45, 7) is 7.27. The molecule has 0 bridgehead atoms. The van der Waals surface area contributed by atoms with Crippen molar-refractivity contribution in [3.8, 4) is 11.3 Å². The predicted molar refractivity (Wildman–Crippen MR) is 170 cm³/mol. The van der Waals surface area contributed by atoms with Crippen LogP contribution in [-0.4, -0.2) is 68.6 Å². The number of nitrogens with zero attached hydrogens (tertiary/aromatic N) is 4. The minimum atomic E-state index is -4.76. The van der Waals surface area contributed by atoms with Gasteiger partial charge in [-0.15, -0.1) is 36.2 Å². The second-order valence-electron chi connectivity index (χ2n) is 12.4. The number of pyridine rings is 2. The molecule has 3 N–H and O–H groups in total. The smallest absolute Gasteiger partial charge is 0.350 e. The number of rotatable bonds is 6. The highest BCUT2D eigenvalue weighted by Crippen LogP contribution is 2.63. The van der Waals surface area contributed by atoms with Crippen molar-refractivity contribution in [2.45, 2.75) is 58.9 Å². The zero-order chi connectivity index (χ0) is 31.9. The molecule has 3 aliphatic rings. The number of amides is 4. The van der Waals surface area contributed by atoms with Crippen molar-refractivity contribution < 1.29 is 32.3 Å². The highest BCUT2D eigenvalue weighted by atomic mass is 35.5. The largest absolute Gasteiger partial charge is 0.433 e. The van der Waals surface area contributed by atoms with Gasteiger partial charge in [0.15, 0.2) is 0 Å². The molecule has 2 saturated heterocycles. The van der Waals surface area contributed by atoms with Gasteiger partial charge in [-0.1, -0.05) is 13.8 Å². The Morgan fingerprint density at radius 2 is 1.83 bits per heavy atom. The summed E-state index contributed by atoms with van der Waals surface area (Å²) >= 11 is 1.19. The number of aryl methyl sites for hydroxylation is 1. The van der Waals surface area contributed by atoms with Crippen molar-refractivity contribution in [2.24, 2.45) is 23.0 Å². The van der Waals surface area contributed by atoms with Crippen molar-refractivity contribution in [2.75, 3.05) is 13.1 Å². The third-order valence-electron chi connectivity index (χ3n) is 8.88. The number of fused-ring (bicyclic) bond motifs is 2. The van der Waals surface area contributed by atoms with Gasteiger partial charge in [0.1, 0.15) is 5.69 Å². The molecule has 2 aliphatic heterocycles. The Morgan fingerprint density at radius 1 is 1.17 bits per heavy atom. The van der Waals surface area contributed by atoms with E-state index in [2.05, 4.69) is 15.3 Å². The number of imide groups is 1. The Balaban J connectivity index is 0.00000240. The molecule has 3 aromatic heterocycles. The summed E-state index contributed by atoms with van der Waals surface area (Å²) in [4.78, 5) is 63.5. The molecule has 4 amide bonds. The fourth-order valence-corrected chi connectivity index (χ4v) is 7.52. The number of likely N-dealkylation sites (tertiary alicyclic amines) is 2. The van der Waals surface area contributed by atoms with Crippen LogP contribution in [0, 0.1) is 24.2 Å². The summed E-state index contributed by atoms with van der Waals surface area (Å²) in [6, 6.07) is 3.01. The van der Waals surface area contributed by atoms with E-state index in [1.807, 2.05) is 13.8 Å². The van der Waals surface area contributed by atoms with E-state index in [1.54, 1.807) is 13.0 Å². The topological polar surface area (TPSA) is 139 Å². The number of hydrogen-bond acceptors (Lipinski definition) is 8. The molecule has 2 unspecified atom stereocenters. The van der Waals surface area contributed by atoms with Crippen molar-refractivity contribution in [1.29, 1.82) is 0 Å². The molecule has 16 heteroatoms. The Labute approximate surface area is 279 Å². The molecule has 46 heavy (non-hydrogen) atoms. The summed E-state index contributed by atoms with van der Waals surface area (Å²) in [6.07, 6.45) is -2.87. The fourth-order valence-electron chi connectivity index (χ4n) is 6.40. The molecule has 1 saturated carbocycles. The lowest BCUT2D eigenvalue weighted by Crippen LogP contribution is -2.45. The van der Waals surface area contributed by atoms with E-state index in [0.717, 1.165) is 6.07 Å². The molecule has 1 aliphatic carbocycles. The third kappa shape index (κ3) is 5.96. The summed E-state index contributed by atoms with van der Waals surface area (Å²) in [5.74, 6) is -1.97. The highest BCUT2D eigenvalue weighted by Gasteiger charge is 2.72. The number of hydrogen-bond donors (Lipinski definition) is 2. The quantitative estimate of drug-likeness (QED) is 0.365. The molecule has 0 aromatic carbocycles. The number of carbonyl (C=O) groups is 4. The van der Waals surface area contributed by atoms with Crippen LogP contribution in [0.25, 0.3) is 21.5 Å². The number of piperidine rings is 1. The third-order valence-corrected chi connectivity index (χ3v) is 10.0. The minimum Gasteiger partial charge on any atom is -0.350 e. The van der Waals surface area contributed by atoms with Crippen LogP contribution >= 0.6 is 36.2 Å². The average Bonchev–Trinajstić information content (AvgIpc) is 3.35. The molecular formula is C30H33Cl2F3N6O4S. The van der Waals surface area contributed by atoms with Crippen LogP contribution < -0.4 is 11.1 Å². The zero-order valence-electron chi connectivity index (χ0n) is 25.3. The van der Waals surface area contributed by atoms with Gasteiger partial charge in [-0.25, -0.2) is 4.98 Å². The van der Waals surface area contributed by atoms with E-state index in [9.17, 15) is 32.3 Å². The number of nitrogens with two attached hydrogens (primary N) is 1. The van der Waals surface area contributed by atoms with Crippen LogP contribution in [0.1, 0.15) is 53.7 Å². The van der Waals surface area contributed by atoms with E-state index >= 15 is 0 Å². The summed E-state index contributed by atoms with van der Waals surface area (Å²) < 4.78 is 42.4. The second kappa shape index (κ2) is 12.4. The minimum absolute atomic E-state index is 0. The first kappa shape index (κ1) is 35.5. The molecule has 3 fully saturated rings.